The van der Waals surface area contributed by atoms with E-state index in [0.717, 1.165) is 30.6 Å². The molecule has 29 heavy (non-hydrogen) atoms. The number of hydrogen-bond donors (Lipinski definition) is 2. The largest absolute Gasteiger partial charge is 0.494 e. The number of hydrogen-bond acceptors (Lipinski definition) is 4. The van der Waals surface area contributed by atoms with Crippen LogP contribution in [0.4, 0.5) is 5.69 Å². The van der Waals surface area contributed by atoms with Gasteiger partial charge in [0.1, 0.15) is 18.1 Å². The molecule has 6 heteroatoms. The van der Waals surface area contributed by atoms with Crippen LogP contribution >= 0.6 is 12.2 Å². The summed E-state index contributed by atoms with van der Waals surface area (Å²) in [5.41, 5.74) is 2.09. The second-order valence-corrected chi connectivity index (χ2v) is 7.14. The quantitative estimate of drug-likeness (QED) is 0.313. The maximum absolute atomic E-state index is 12.4. The SMILES string of the molecule is C=C(C)COc1ccccc1NC(=S)NC(=O)c1ccc(OCCCCC)cc1. The molecule has 0 heterocycles. The third kappa shape index (κ3) is 7.95. The number of nitrogens with one attached hydrogen (secondary N) is 2. The molecule has 154 valence electrons. The molecule has 2 aromatic carbocycles. The van der Waals surface area contributed by atoms with Crippen LogP contribution in [-0.2, 0) is 0 Å². The van der Waals surface area contributed by atoms with E-state index >= 15 is 0 Å². The molecular weight excluding hydrogens is 384 g/mol. The molecule has 2 aromatic rings. The number of ether oxygens (including phenoxy) is 2. The van der Waals surface area contributed by atoms with Crippen LogP contribution in [0.15, 0.2) is 60.7 Å². The fourth-order valence-corrected chi connectivity index (χ4v) is 2.67. The number of anilines is 1. The maximum atomic E-state index is 12.4. The fourth-order valence-electron chi connectivity index (χ4n) is 2.47. The molecule has 0 aliphatic rings. The van der Waals surface area contributed by atoms with Crippen LogP contribution in [0.3, 0.4) is 0 Å². The van der Waals surface area contributed by atoms with Gasteiger partial charge in [-0.2, -0.15) is 0 Å². The number of carbonyl (C=O) groups excluding carboxylic acids is 1. The van der Waals surface area contributed by atoms with E-state index in [4.69, 9.17) is 21.7 Å². The highest BCUT2D eigenvalue weighted by Crippen LogP contribution is 2.24. The number of rotatable bonds is 10. The van der Waals surface area contributed by atoms with Crippen LogP contribution in [0.2, 0.25) is 0 Å². The van der Waals surface area contributed by atoms with Gasteiger partial charge in [-0.3, -0.25) is 10.1 Å². The van der Waals surface area contributed by atoms with Crippen molar-refractivity contribution in [2.75, 3.05) is 18.5 Å². The summed E-state index contributed by atoms with van der Waals surface area (Å²) in [4.78, 5) is 12.4. The minimum absolute atomic E-state index is 0.196. The van der Waals surface area contributed by atoms with Crippen LogP contribution < -0.4 is 20.1 Å². The van der Waals surface area contributed by atoms with Gasteiger partial charge in [-0.05, 0) is 67.5 Å². The summed E-state index contributed by atoms with van der Waals surface area (Å²) in [5.74, 6) is 1.10. The van der Waals surface area contributed by atoms with Crippen LogP contribution in [0.5, 0.6) is 11.5 Å². The Bertz CT molecular complexity index is 834. The normalized spacial score (nSPS) is 10.1. The van der Waals surface area contributed by atoms with E-state index in [2.05, 4.69) is 24.1 Å². The summed E-state index contributed by atoms with van der Waals surface area (Å²) < 4.78 is 11.4. The Kier molecular flexibility index (Phi) is 9.18. The monoisotopic (exact) mass is 412 g/mol. The van der Waals surface area contributed by atoms with Crippen molar-refractivity contribution >= 4 is 28.9 Å². The summed E-state index contributed by atoms with van der Waals surface area (Å²) in [6, 6.07) is 14.4. The lowest BCUT2D eigenvalue weighted by Gasteiger charge is -2.14. The molecule has 0 bridgehead atoms. The molecule has 0 saturated heterocycles. The Morgan fingerprint density at radius 3 is 2.48 bits per heavy atom. The number of para-hydroxylation sites is 2. The summed E-state index contributed by atoms with van der Waals surface area (Å²) in [5, 5.41) is 5.89. The second kappa shape index (κ2) is 11.9. The number of unbranched alkanes of at least 4 members (excludes halogenated alkanes) is 2. The first-order chi connectivity index (χ1) is 14.0. The maximum Gasteiger partial charge on any atom is 0.257 e. The average Bonchev–Trinajstić information content (AvgIpc) is 2.71. The summed E-state index contributed by atoms with van der Waals surface area (Å²) >= 11 is 5.27. The van der Waals surface area contributed by atoms with Gasteiger partial charge in [-0.15, -0.1) is 0 Å². The lowest BCUT2D eigenvalue weighted by Crippen LogP contribution is -2.34. The van der Waals surface area contributed by atoms with Crippen molar-refractivity contribution < 1.29 is 14.3 Å². The molecule has 0 spiro atoms. The van der Waals surface area contributed by atoms with Crippen molar-refractivity contribution in [3.05, 3.63) is 66.2 Å². The second-order valence-electron chi connectivity index (χ2n) is 6.73. The zero-order valence-corrected chi connectivity index (χ0v) is 17.8. The molecule has 0 radical (unpaired) electrons. The fraction of sp³-hybridized carbons (Fsp3) is 0.304. The smallest absolute Gasteiger partial charge is 0.257 e. The number of amides is 1. The molecule has 2 rings (SSSR count). The molecule has 0 unspecified atom stereocenters. The molecule has 2 N–H and O–H groups in total. The first-order valence-electron chi connectivity index (χ1n) is 9.71. The van der Waals surface area contributed by atoms with Gasteiger partial charge in [0.25, 0.3) is 5.91 Å². The molecule has 0 atom stereocenters. The minimum Gasteiger partial charge on any atom is -0.494 e. The average molecular weight is 413 g/mol. The summed E-state index contributed by atoms with van der Waals surface area (Å²) in [6.45, 7) is 8.96. The van der Waals surface area contributed by atoms with E-state index in [1.54, 1.807) is 24.3 Å². The Morgan fingerprint density at radius 1 is 1.07 bits per heavy atom. The molecule has 0 aromatic heterocycles. The van der Waals surface area contributed by atoms with Gasteiger partial charge in [0.15, 0.2) is 5.11 Å². The third-order valence-corrected chi connectivity index (χ3v) is 4.17. The Balaban J connectivity index is 1.89. The van der Waals surface area contributed by atoms with Gasteiger partial charge in [0.2, 0.25) is 0 Å². The first-order valence-corrected chi connectivity index (χ1v) is 10.1. The highest BCUT2D eigenvalue weighted by atomic mass is 32.1. The summed E-state index contributed by atoms with van der Waals surface area (Å²) in [7, 11) is 0. The standard InChI is InChI=1S/C23H28N2O3S/c1-4-5-8-15-27-19-13-11-18(12-14-19)22(26)25-23(29)24-20-9-6-7-10-21(20)28-16-17(2)3/h6-7,9-14H,2,4-5,8,15-16H2,1,3H3,(H2,24,25,26,29). The predicted molar refractivity (Wildman–Crippen MR) is 122 cm³/mol. The molecule has 1 amide bonds. The molecule has 0 saturated carbocycles. The lowest BCUT2D eigenvalue weighted by molar-refractivity contribution is 0.0977. The van der Waals surface area contributed by atoms with Gasteiger partial charge < -0.3 is 14.8 Å². The van der Waals surface area contributed by atoms with Gasteiger partial charge in [0, 0.05) is 5.56 Å². The highest BCUT2D eigenvalue weighted by molar-refractivity contribution is 7.80. The van der Waals surface area contributed by atoms with Crippen molar-refractivity contribution in [3.63, 3.8) is 0 Å². The summed E-state index contributed by atoms with van der Waals surface area (Å²) in [6.07, 6.45) is 3.32. The van der Waals surface area contributed by atoms with E-state index in [1.807, 2.05) is 31.2 Å². The van der Waals surface area contributed by atoms with Crippen molar-refractivity contribution in [3.8, 4) is 11.5 Å². The van der Waals surface area contributed by atoms with Crippen LogP contribution in [-0.4, -0.2) is 24.2 Å². The molecule has 0 fully saturated rings. The minimum atomic E-state index is -0.291. The topological polar surface area (TPSA) is 59.6 Å². The molecule has 0 aliphatic heterocycles. The van der Waals surface area contributed by atoms with E-state index in [1.165, 1.54) is 0 Å². The Morgan fingerprint density at radius 2 is 1.79 bits per heavy atom. The van der Waals surface area contributed by atoms with Gasteiger partial charge >= 0.3 is 0 Å². The van der Waals surface area contributed by atoms with Crippen molar-refractivity contribution in [2.24, 2.45) is 0 Å². The molecular formula is C23H28N2O3S. The number of thiocarbonyl (C=S) groups is 1. The number of carbonyl (C=O) groups is 1. The van der Waals surface area contributed by atoms with Crippen molar-refractivity contribution in [1.29, 1.82) is 0 Å². The van der Waals surface area contributed by atoms with Gasteiger partial charge in [-0.25, -0.2) is 0 Å². The zero-order chi connectivity index (χ0) is 21.1. The van der Waals surface area contributed by atoms with Crippen molar-refractivity contribution in [2.45, 2.75) is 33.1 Å². The van der Waals surface area contributed by atoms with Crippen LogP contribution in [0.25, 0.3) is 0 Å². The first kappa shape index (κ1) is 22.4. The van der Waals surface area contributed by atoms with E-state index in [-0.39, 0.29) is 11.0 Å². The lowest BCUT2D eigenvalue weighted by atomic mass is 10.2. The Labute approximate surface area is 178 Å². The van der Waals surface area contributed by atoms with Crippen molar-refractivity contribution in [1.82, 2.24) is 5.32 Å². The van der Waals surface area contributed by atoms with Crippen LogP contribution in [0.1, 0.15) is 43.5 Å². The van der Waals surface area contributed by atoms with Gasteiger partial charge in [0.05, 0.1) is 12.3 Å². The van der Waals surface area contributed by atoms with E-state index in [9.17, 15) is 4.79 Å². The van der Waals surface area contributed by atoms with Crippen LogP contribution in [0, 0.1) is 0 Å². The molecule has 0 aliphatic carbocycles. The van der Waals surface area contributed by atoms with E-state index in [0.29, 0.717) is 30.2 Å². The third-order valence-electron chi connectivity index (χ3n) is 3.97. The molecule has 5 nitrogen and oxygen atoms in total. The number of benzene rings is 2. The predicted octanol–water partition coefficient (Wildman–Crippen LogP) is 5.34. The highest BCUT2D eigenvalue weighted by Gasteiger charge is 2.10. The Hall–Kier alpha value is -2.86. The van der Waals surface area contributed by atoms with E-state index < -0.39 is 0 Å². The van der Waals surface area contributed by atoms with Gasteiger partial charge in [-0.1, -0.05) is 38.5 Å². The zero-order valence-electron chi connectivity index (χ0n) is 17.0.